The fourth-order valence-corrected chi connectivity index (χ4v) is 3.53. The molecule has 154 valence electrons. The molecular weight excluding hydrogens is 416 g/mol. The topological polar surface area (TPSA) is 134 Å². The van der Waals surface area contributed by atoms with Gasteiger partial charge < -0.3 is 14.8 Å². The van der Waals surface area contributed by atoms with Crippen molar-refractivity contribution in [3.63, 3.8) is 0 Å². The minimum Gasteiger partial charge on any atom is -0.454 e. The molecule has 0 bridgehead atoms. The van der Waals surface area contributed by atoms with Gasteiger partial charge in [-0.05, 0) is 23.6 Å². The molecule has 1 aromatic heterocycles. The molecule has 30 heavy (non-hydrogen) atoms. The molecule has 2 aromatic rings. The number of hydrogen-bond donors (Lipinski definition) is 2. The van der Waals surface area contributed by atoms with Gasteiger partial charge in [-0.2, -0.15) is 0 Å². The summed E-state index contributed by atoms with van der Waals surface area (Å²) in [7, 11) is 0. The van der Waals surface area contributed by atoms with Gasteiger partial charge in [0.05, 0.1) is 6.54 Å². The predicted octanol–water partition coefficient (Wildman–Crippen LogP) is 1.12. The molecule has 0 atom stereocenters. The second-order valence-electron chi connectivity index (χ2n) is 6.21. The van der Waals surface area contributed by atoms with Crippen molar-refractivity contribution in [3.8, 4) is 11.5 Å². The zero-order chi connectivity index (χ0) is 21.3. The number of urea groups is 2. The van der Waals surface area contributed by atoms with Crippen molar-refractivity contribution in [2.24, 2.45) is 0 Å². The number of amides is 7. The SMILES string of the molecule is O=C(CN1C(=O)C(=O)N(Cc2cccs2)C1=O)NC(=O)Nc1ccc2c(c1)OCO2. The molecule has 2 N–H and O–H groups in total. The number of hydrogen-bond acceptors (Lipinski definition) is 8. The predicted molar refractivity (Wildman–Crippen MR) is 102 cm³/mol. The molecule has 2 aliphatic heterocycles. The Hall–Kier alpha value is -3.93. The van der Waals surface area contributed by atoms with Crippen LogP contribution in [0.25, 0.3) is 0 Å². The number of carbonyl (C=O) groups excluding carboxylic acids is 5. The van der Waals surface area contributed by atoms with E-state index in [4.69, 9.17) is 9.47 Å². The van der Waals surface area contributed by atoms with Gasteiger partial charge >= 0.3 is 23.9 Å². The first-order valence-electron chi connectivity index (χ1n) is 8.62. The average molecular weight is 430 g/mol. The van der Waals surface area contributed by atoms with Gasteiger partial charge in [0.2, 0.25) is 12.7 Å². The fraction of sp³-hybridized carbons (Fsp3) is 0.167. The number of nitrogens with one attached hydrogen (secondary N) is 2. The van der Waals surface area contributed by atoms with Gasteiger partial charge in [0, 0.05) is 16.6 Å². The van der Waals surface area contributed by atoms with Gasteiger partial charge in [-0.1, -0.05) is 6.07 Å². The third kappa shape index (κ3) is 3.80. The Labute approximate surface area is 173 Å². The summed E-state index contributed by atoms with van der Waals surface area (Å²) in [4.78, 5) is 62.6. The van der Waals surface area contributed by atoms with Crippen LogP contribution in [0, 0.1) is 0 Å². The molecule has 2 aliphatic rings. The zero-order valence-electron chi connectivity index (χ0n) is 15.2. The molecule has 11 nitrogen and oxygen atoms in total. The number of nitrogens with zero attached hydrogens (tertiary/aromatic N) is 2. The Bertz CT molecular complexity index is 1050. The Morgan fingerprint density at radius 2 is 1.80 bits per heavy atom. The summed E-state index contributed by atoms with van der Waals surface area (Å²) in [5, 5.41) is 6.20. The number of imide groups is 3. The van der Waals surface area contributed by atoms with E-state index < -0.39 is 36.3 Å². The van der Waals surface area contributed by atoms with Crippen LogP contribution in [0.1, 0.15) is 4.88 Å². The first-order chi connectivity index (χ1) is 14.4. The summed E-state index contributed by atoms with van der Waals surface area (Å²) in [6.07, 6.45) is 0. The molecule has 1 saturated heterocycles. The summed E-state index contributed by atoms with van der Waals surface area (Å²) in [5.74, 6) is -2.11. The van der Waals surface area contributed by atoms with E-state index in [-0.39, 0.29) is 13.3 Å². The Morgan fingerprint density at radius 1 is 1.03 bits per heavy atom. The molecule has 0 unspecified atom stereocenters. The van der Waals surface area contributed by atoms with Crippen LogP contribution in [0.2, 0.25) is 0 Å². The van der Waals surface area contributed by atoms with E-state index >= 15 is 0 Å². The highest BCUT2D eigenvalue weighted by Gasteiger charge is 2.45. The molecule has 12 heteroatoms. The minimum atomic E-state index is -1.12. The Kier molecular flexibility index (Phi) is 5.06. The number of fused-ring (bicyclic) bond motifs is 1. The summed E-state index contributed by atoms with van der Waals surface area (Å²) < 4.78 is 10.4. The lowest BCUT2D eigenvalue weighted by molar-refractivity contribution is -0.144. The molecule has 1 aromatic carbocycles. The Balaban J connectivity index is 1.34. The van der Waals surface area contributed by atoms with Gasteiger partial charge in [-0.25, -0.2) is 14.5 Å². The third-order valence-corrected chi connectivity index (χ3v) is 5.08. The second-order valence-corrected chi connectivity index (χ2v) is 7.25. The van der Waals surface area contributed by atoms with Crippen LogP contribution in [0.5, 0.6) is 11.5 Å². The van der Waals surface area contributed by atoms with Crippen molar-refractivity contribution in [1.82, 2.24) is 15.1 Å². The number of ether oxygens (including phenoxy) is 2. The fourth-order valence-electron chi connectivity index (χ4n) is 2.83. The van der Waals surface area contributed by atoms with Crippen LogP contribution in [-0.4, -0.2) is 52.9 Å². The number of thiophene rings is 1. The highest BCUT2D eigenvalue weighted by molar-refractivity contribution is 7.09. The van der Waals surface area contributed by atoms with Crippen LogP contribution >= 0.6 is 11.3 Å². The van der Waals surface area contributed by atoms with Crippen molar-refractivity contribution < 1.29 is 33.4 Å². The smallest absolute Gasteiger partial charge is 0.335 e. The summed E-state index contributed by atoms with van der Waals surface area (Å²) in [6, 6.07) is 6.33. The van der Waals surface area contributed by atoms with E-state index in [2.05, 4.69) is 5.32 Å². The van der Waals surface area contributed by atoms with Crippen LogP contribution in [0.15, 0.2) is 35.7 Å². The van der Waals surface area contributed by atoms with Crippen molar-refractivity contribution in [2.75, 3.05) is 18.7 Å². The highest BCUT2D eigenvalue weighted by Crippen LogP contribution is 2.34. The number of rotatable bonds is 5. The van der Waals surface area contributed by atoms with E-state index in [0.29, 0.717) is 27.0 Å². The molecule has 0 radical (unpaired) electrons. The van der Waals surface area contributed by atoms with Crippen molar-refractivity contribution in [2.45, 2.75) is 6.54 Å². The normalized spacial score (nSPS) is 15.0. The summed E-state index contributed by atoms with van der Waals surface area (Å²) >= 11 is 1.32. The first kappa shape index (κ1) is 19.4. The number of benzene rings is 1. The quantitative estimate of drug-likeness (QED) is 0.536. The van der Waals surface area contributed by atoms with Crippen molar-refractivity contribution >= 4 is 46.8 Å². The van der Waals surface area contributed by atoms with Crippen LogP contribution in [0.4, 0.5) is 15.3 Å². The van der Waals surface area contributed by atoms with E-state index in [0.717, 1.165) is 4.90 Å². The van der Waals surface area contributed by atoms with E-state index in [1.165, 1.54) is 17.4 Å². The standard InChI is InChI=1S/C18H14N4O7S/c23-14(20-17(26)19-10-3-4-12-13(6-10)29-9-28-12)8-22-16(25)15(24)21(18(22)27)7-11-2-1-5-30-11/h1-6H,7-9H2,(H2,19,20,23,26). The Morgan fingerprint density at radius 3 is 2.57 bits per heavy atom. The highest BCUT2D eigenvalue weighted by atomic mass is 32.1. The first-order valence-corrected chi connectivity index (χ1v) is 9.50. The maximum Gasteiger partial charge on any atom is 0.335 e. The van der Waals surface area contributed by atoms with E-state index in [1.54, 1.807) is 29.6 Å². The number of carbonyl (C=O) groups is 5. The van der Waals surface area contributed by atoms with Gasteiger partial charge in [-0.3, -0.25) is 24.6 Å². The second kappa shape index (κ2) is 7.83. The molecule has 0 aliphatic carbocycles. The van der Waals surface area contributed by atoms with E-state index in [1.807, 2.05) is 5.32 Å². The average Bonchev–Trinajstić information content (AvgIpc) is 3.43. The van der Waals surface area contributed by atoms with Crippen LogP contribution in [-0.2, 0) is 20.9 Å². The van der Waals surface area contributed by atoms with Gasteiger partial charge in [0.25, 0.3) is 0 Å². The lowest BCUT2D eigenvalue weighted by atomic mass is 10.3. The van der Waals surface area contributed by atoms with E-state index in [9.17, 15) is 24.0 Å². The summed E-state index contributed by atoms with van der Waals surface area (Å²) in [5.41, 5.74) is 0.343. The molecule has 7 amide bonds. The largest absolute Gasteiger partial charge is 0.454 e. The lowest BCUT2D eigenvalue weighted by Gasteiger charge is -2.14. The monoisotopic (exact) mass is 430 g/mol. The lowest BCUT2D eigenvalue weighted by Crippen LogP contribution is -2.44. The minimum absolute atomic E-state index is 0.0657. The molecule has 3 heterocycles. The maximum atomic E-state index is 12.4. The molecule has 4 rings (SSSR count). The molecule has 1 fully saturated rings. The molecule has 0 spiro atoms. The maximum absolute atomic E-state index is 12.4. The summed E-state index contributed by atoms with van der Waals surface area (Å²) in [6.45, 7) is -0.758. The van der Waals surface area contributed by atoms with Crippen molar-refractivity contribution in [1.29, 1.82) is 0 Å². The third-order valence-electron chi connectivity index (χ3n) is 4.21. The van der Waals surface area contributed by atoms with Crippen molar-refractivity contribution in [3.05, 3.63) is 40.6 Å². The van der Waals surface area contributed by atoms with Crippen LogP contribution in [0.3, 0.4) is 0 Å². The van der Waals surface area contributed by atoms with Crippen LogP contribution < -0.4 is 20.1 Å². The van der Waals surface area contributed by atoms with Gasteiger partial charge in [0.1, 0.15) is 6.54 Å². The number of anilines is 1. The van der Waals surface area contributed by atoms with Gasteiger partial charge in [0.15, 0.2) is 11.5 Å². The van der Waals surface area contributed by atoms with Gasteiger partial charge in [-0.15, -0.1) is 11.3 Å². The molecular formula is C18H14N4O7S. The zero-order valence-corrected chi connectivity index (χ0v) is 16.1. The molecule has 0 saturated carbocycles.